The maximum absolute atomic E-state index is 13.9. The minimum Gasteiger partial charge on any atom is -0.497 e. The van der Waals surface area contributed by atoms with Gasteiger partial charge in [-0.05, 0) is 61.8 Å². The van der Waals surface area contributed by atoms with E-state index in [0.29, 0.717) is 44.2 Å². The van der Waals surface area contributed by atoms with E-state index >= 15 is 0 Å². The van der Waals surface area contributed by atoms with Crippen molar-refractivity contribution in [2.75, 3.05) is 60.2 Å². The standard InChI is InChI=1S/C31H51N3O7/c1-21(2)26-18-33(22(3)35)19-28(40-5)31(38)27(36)20-41-14-7-6-13-34(29(37)17-32-16-23-11-12-23)30(26)24-9-8-10-25(15-24)39-4/h8-10,15,21,23,26-28,30-32,36,38H,6-7,11-14,16-20H2,1-5H3/t26-,27+,28+,30-,31+/m1/s1. The lowest BCUT2D eigenvalue weighted by molar-refractivity contribution is -0.139. The first-order valence-corrected chi connectivity index (χ1v) is 15.0. The van der Waals surface area contributed by atoms with E-state index in [4.69, 9.17) is 14.2 Å². The number of hydrogen-bond acceptors (Lipinski definition) is 8. The second-order valence-corrected chi connectivity index (χ2v) is 11.8. The molecule has 232 valence electrons. The molecule has 1 aliphatic carbocycles. The van der Waals surface area contributed by atoms with Crippen LogP contribution in [0.4, 0.5) is 0 Å². The van der Waals surface area contributed by atoms with Gasteiger partial charge in [0.25, 0.3) is 0 Å². The van der Waals surface area contributed by atoms with Gasteiger partial charge in [0.15, 0.2) is 0 Å². The number of carbonyl (C=O) groups excluding carboxylic acids is 2. The highest BCUT2D eigenvalue weighted by Crippen LogP contribution is 2.37. The average Bonchev–Trinajstić information content (AvgIpc) is 3.78. The summed E-state index contributed by atoms with van der Waals surface area (Å²) in [4.78, 5) is 30.5. The monoisotopic (exact) mass is 577 g/mol. The largest absolute Gasteiger partial charge is 0.497 e. The maximum atomic E-state index is 13.9. The fourth-order valence-electron chi connectivity index (χ4n) is 5.55. The summed E-state index contributed by atoms with van der Waals surface area (Å²) >= 11 is 0. The molecule has 3 N–H and O–H groups in total. The molecule has 1 saturated heterocycles. The van der Waals surface area contributed by atoms with Crippen LogP contribution in [0.2, 0.25) is 0 Å². The molecule has 0 spiro atoms. The third-order valence-electron chi connectivity index (χ3n) is 8.34. The van der Waals surface area contributed by atoms with Crippen LogP contribution >= 0.6 is 0 Å². The number of nitrogens with one attached hydrogen (secondary N) is 1. The summed E-state index contributed by atoms with van der Waals surface area (Å²) in [6, 6.07) is 7.49. The number of ether oxygens (including phenoxy) is 3. The van der Waals surface area contributed by atoms with Crippen molar-refractivity contribution < 1.29 is 34.0 Å². The van der Waals surface area contributed by atoms with Gasteiger partial charge in [-0.25, -0.2) is 0 Å². The lowest BCUT2D eigenvalue weighted by atomic mass is 9.82. The number of amides is 2. The van der Waals surface area contributed by atoms with Crippen molar-refractivity contribution in [3.63, 3.8) is 0 Å². The molecule has 0 aromatic heterocycles. The summed E-state index contributed by atoms with van der Waals surface area (Å²) in [5.74, 6) is 1.16. The van der Waals surface area contributed by atoms with Crippen molar-refractivity contribution in [1.82, 2.24) is 15.1 Å². The van der Waals surface area contributed by atoms with Crippen LogP contribution in [0.1, 0.15) is 58.1 Å². The summed E-state index contributed by atoms with van der Waals surface area (Å²) in [5.41, 5.74) is 0.946. The van der Waals surface area contributed by atoms with E-state index in [1.54, 1.807) is 12.0 Å². The van der Waals surface area contributed by atoms with Crippen LogP contribution in [0.5, 0.6) is 5.75 Å². The fraction of sp³-hybridized carbons (Fsp3) is 0.742. The van der Waals surface area contributed by atoms with Crippen LogP contribution in [-0.2, 0) is 19.1 Å². The van der Waals surface area contributed by atoms with Crippen molar-refractivity contribution in [2.24, 2.45) is 17.8 Å². The molecule has 1 saturated carbocycles. The molecule has 0 bridgehead atoms. The molecule has 41 heavy (non-hydrogen) atoms. The highest BCUT2D eigenvalue weighted by Gasteiger charge is 2.37. The van der Waals surface area contributed by atoms with Gasteiger partial charge in [0.1, 0.15) is 24.1 Å². The van der Waals surface area contributed by atoms with Gasteiger partial charge in [-0.2, -0.15) is 0 Å². The molecule has 0 unspecified atom stereocenters. The molecule has 2 fully saturated rings. The zero-order valence-corrected chi connectivity index (χ0v) is 25.5. The van der Waals surface area contributed by atoms with E-state index in [-0.39, 0.29) is 49.4 Å². The van der Waals surface area contributed by atoms with Gasteiger partial charge in [-0.15, -0.1) is 0 Å². The minimum atomic E-state index is -1.23. The zero-order valence-electron chi connectivity index (χ0n) is 25.5. The summed E-state index contributed by atoms with van der Waals surface area (Å²) in [6.45, 7) is 8.10. The van der Waals surface area contributed by atoms with Crippen molar-refractivity contribution >= 4 is 11.8 Å². The van der Waals surface area contributed by atoms with Crippen LogP contribution in [0.3, 0.4) is 0 Å². The number of methoxy groups -OCH3 is 2. The Morgan fingerprint density at radius 1 is 1.15 bits per heavy atom. The topological polar surface area (TPSA) is 121 Å². The predicted octanol–water partition coefficient (Wildman–Crippen LogP) is 2.23. The van der Waals surface area contributed by atoms with Crippen LogP contribution in [0, 0.1) is 17.8 Å². The van der Waals surface area contributed by atoms with Gasteiger partial charge in [0.05, 0.1) is 26.3 Å². The molecule has 10 heteroatoms. The predicted molar refractivity (Wildman–Crippen MR) is 156 cm³/mol. The van der Waals surface area contributed by atoms with Gasteiger partial charge in [0.2, 0.25) is 11.8 Å². The van der Waals surface area contributed by atoms with Crippen molar-refractivity contribution in [1.29, 1.82) is 0 Å². The third kappa shape index (κ3) is 9.92. The van der Waals surface area contributed by atoms with E-state index in [1.807, 2.05) is 29.2 Å². The second-order valence-electron chi connectivity index (χ2n) is 11.8. The molecule has 2 amide bonds. The van der Waals surface area contributed by atoms with Crippen LogP contribution in [0.25, 0.3) is 0 Å². The van der Waals surface area contributed by atoms with Crippen molar-refractivity contribution in [3.8, 4) is 5.75 Å². The average molecular weight is 578 g/mol. The normalized spacial score (nSPS) is 27.3. The van der Waals surface area contributed by atoms with Crippen LogP contribution < -0.4 is 10.1 Å². The first-order chi connectivity index (χ1) is 19.7. The first kappa shape index (κ1) is 33.3. The molecule has 1 aliphatic heterocycles. The van der Waals surface area contributed by atoms with Crippen LogP contribution in [-0.4, -0.2) is 110 Å². The zero-order chi connectivity index (χ0) is 29.9. The molecule has 2 aliphatic rings. The Kier molecular flexibility index (Phi) is 13.3. The molecular formula is C31H51N3O7. The highest BCUT2D eigenvalue weighted by molar-refractivity contribution is 5.79. The van der Waals surface area contributed by atoms with Gasteiger partial charge in [0, 0.05) is 46.2 Å². The Morgan fingerprint density at radius 3 is 2.54 bits per heavy atom. The molecule has 1 aromatic rings. The minimum absolute atomic E-state index is 0.0179. The fourth-order valence-corrected chi connectivity index (χ4v) is 5.55. The maximum Gasteiger partial charge on any atom is 0.237 e. The smallest absolute Gasteiger partial charge is 0.237 e. The number of aliphatic hydroxyl groups excluding tert-OH is 2. The Labute approximate surface area is 245 Å². The molecule has 5 atom stereocenters. The molecule has 3 rings (SSSR count). The lowest BCUT2D eigenvalue weighted by Crippen LogP contribution is -2.51. The number of carbonyl (C=O) groups is 2. The molecule has 10 nitrogen and oxygen atoms in total. The third-order valence-corrected chi connectivity index (χ3v) is 8.34. The summed E-state index contributed by atoms with van der Waals surface area (Å²) in [7, 11) is 3.09. The Hall–Kier alpha value is -2.24. The second kappa shape index (κ2) is 16.4. The number of nitrogens with zero attached hydrogens (tertiary/aromatic N) is 2. The van der Waals surface area contributed by atoms with E-state index in [2.05, 4.69) is 19.2 Å². The van der Waals surface area contributed by atoms with Crippen LogP contribution in [0.15, 0.2) is 24.3 Å². The van der Waals surface area contributed by atoms with Crippen molar-refractivity contribution in [3.05, 3.63) is 29.8 Å². The van der Waals surface area contributed by atoms with Gasteiger partial charge >= 0.3 is 0 Å². The molecular weight excluding hydrogens is 526 g/mol. The number of hydrogen-bond donors (Lipinski definition) is 3. The number of benzene rings is 1. The molecule has 0 radical (unpaired) electrons. The Morgan fingerprint density at radius 2 is 1.90 bits per heavy atom. The Bertz CT molecular complexity index is 957. The highest BCUT2D eigenvalue weighted by atomic mass is 16.5. The van der Waals surface area contributed by atoms with E-state index in [9.17, 15) is 19.8 Å². The van der Waals surface area contributed by atoms with E-state index in [1.165, 1.54) is 26.9 Å². The van der Waals surface area contributed by atoms with E-state index in [0.717, 1.165) is 12.1 Å². The van der Waals surface area contributed by atoms with Gasteiger partial charge in [-0.1, -0.05) is 26.0 Å². The Balaban J connectivity index is 2.04. The molecule has 1 heterocycles. The summed E-state index contributed by atoms with van der Waals surface area (Å²) in [5, 5.41) is 24.8. The molecule has 1 aromatic carbocycles. The van der Waals surface area contributed by atoms with Crippen molar-refractivity contribution in [2.45, 2.75) is 70.8 Å². The quantitative estimate of drug-likeness (QED) is 0.430. The number of rotatable bonds is 8. The van der Waals surface area contributed by atoms with E-state index < -0.39 is 18.3 Å². The SMILES string of the molecule is COc1cccc([C@@H]2[C@@H](C(C)C)CN(C(C)=O)C[C@H](OC)[C@@H](O)[C@@H](O)COCCCCN2C(=O)CNCC2CC2)c1. The summed E-state index contributed by atoms with van der Waals surface area (Å²) < 4.78 is 16.8. The van der Waals surface area contributed by atoms with Gasteiger partial charge < -0.3 is 39.5 Å². The van der Waals surface area contributed by atoms with Gasteiger partial charge in [-0.3, -0.25) is 9.59 Å². The summed E-state index contributed by atoms with van der Waals surface area (Å²) in [6.07, 6.45) is 0.616. The lowest BCUT2D eigenvalue weighted by Gasteiger charge is -2.42. The first-order valence-electron chi connectivity index (χ1n) is 15.0. The number of aliphatic hydroxyl groups is 2.